The molecule has 0 heterocycles. The van der Waals surface area contributed by atoms with Crippen LogP contribution in [0, 0.1) is 0 Å². The minimum atomic E-state index is -0.340. The molecule has 0 spiro atoms. The normalized spacial score (nSPS) is 10.2. The Morgan fingerprint density at radius 2 is 1.60 bits per heavy atom. The first-order valence-corrected chi connectivity index (χ1v) is 5.87. The van der Waals surface area contributed by atoms with Crippen molar-refractivity contribution in [2.45, 2.75) is 0 Å². The van der Waals surface area contributed by atoms with Gasteiger partial charge in [0.05, 0.1) is 5.69 Å². The Bertz CT molecular complexity index is 599. The Hall–Kier alpha value is -3.02. The molecule has 20 heavy (non-hydrogen) atoms. The molecule has 100 valence electrons. The fraction of sp³-hybridized carbons (Fsp3) is 0. The summed E-state index contributed by atoms with van der Waals surface area (Å²) in [6, 6.07) is 17.5. The molecule has 0 aliphatic rings. The molecule has 6 heteroatoms. The number of rotatable bonds is 5. The van der Waals surface area contributed by atoms with Gasteiger partial charge in [-0.3, -0.25) is 9.59 Å². The number of benzene rings is 2. The van der Waals surface area contributed by atoms with Gasteiger partial charge in [0.1, 0.15) is 0 Å². The molecule has 0 radical (unpaired) electrons. The molecule has 2 amide bonds. The van der Waals surface area contributed by atoms with Crippen LogP contribution in [0.15, 0.2) is 71.1 Å². The summed E-state index contributed by atoms with van der Waals surface area (Å²) in [6.45, 7) is 0. The number of nitrogens with zero attached hydrogens (tertiary/aromatic N) is 3. The zero-order chi connectivity index (χ0) is 14.2. The van der Waals surface area contributed by atoms with E-state index < -0.39 is 0 Å². The Morgan fingerprint density at radius 3 is 2.20 bits per heavy atom. The molecule has 2 aromatic carbocycles. The van der Waals surface area contributed by atoms with Crippen LogP contribution in [0.1, 0.15) is 10.4 Å². The van der Waals surface area contributed by atoms with E-state index in [4.69, 9.17) is 0 Å². The zero-order valence-electron chi connectivity index (χ0n) is 10.5. The minimum absolute atomic E-state index is 0.340. The van der Waals surface area contributed by atoms with Crippen LogP contribution in [-0.4, -0.2) is 12.3 Å². The van der Waals surface area contributed by atoms with Gasteiger partial charge in [-0.2, -0.15) is 5.01 Å². The van der Waals surface area contributed by atoms with Crippen LogP contribution in [0.4, 0.5) is 5.69 Å². The van der Waals surface area contributed by atoms with Gasteiger partial charge in [-0.1, -0.05) is 36.4 Å². The highest BCUT2D eigenvalue weighted by atomic mass is 16.2. The van der Waals surface area contributed by atoms with Crippen molar-refractivity contribution in [1.29, 1.82) is 0 Å². The molecule has 0 saturated heterocycles. The lowest BCUT2D eigenvalue weighted by Gasteiger charge is -2.15. The van der Waals surface area contributed by atoms with E-state index in [-0.39, 0.29) is 5.91 Å². The van der Waals surface area contributed by atoms with Crippen molar-refractivity contribution in [3.05, 3.63) is 66.2 Å². The van der Waals surface area contributed by atoms with Crippen molar-refractivity contribution in [1.82, 2.24) is 5.43 Å². The lowest BCUT2D eigenvalue weighted by molar-refractivity contribution is -0.109. The van der Waals surface area contributed by atoms with E-state index in [1.165, 1.54) is 0 Å². The maximum atomic E-state index is 12.4. The number of para-hydroxylation sites is 1. The van der Waals surface area contributed by atoms with Gasteiger partial charge in [0.15, 0.2) is 0 Å². The number of hydrogen-bond donors (Lipinski definition) is 1. The van der Waals surface area contributed by atoms with Crippen LogP contribution in [0.3, 0.4) is 0 Å². The van der Waals surface area contributed by atoms with E-state index in [9.17, 15) is 9.59 Å². The second kappa shape index (κ2) is 6.79. The van der Waals surface area contributed by atoms with Gasteiger partial charge in [0.25, 0.3) is 5.91 Å². The van der Waals surface area contributed by atoms with Crippen LogP contribution in [0.2, 0.25) is 0 Å². The number of nitrogens with one attached hydrogen (secondary N) is 1. The van der Waals surface area contributed by atoms with E-state index in [0.29, 0.717) is 17.7 Å². The molecule has 0 saturated carbocycles. The lowest BCUT2D eigenvalue weighted by Crippen LogP contribution is -2.25. The summed E-state index contributed by atoms with van der Waals surface area (Å²) in [6.07, 6.45) is 0.375. The summed E-state index contributed by atoms with van der Waals surface area (Å²) in [7, 11) is 0. The van der Waals surface area contributed by atoms with Crippen molar-refractivity contribution in [2.75, 3.05) is 5.01 Å². The largest absolute Gasteiger partial charge is 0.280 e. The maximum Gasteiger partial charge on any atom is 0.280 e. The van der Waals surface area contributed by atoms with Gasteiger partial charge in [0.2, 0.25) is 6.41 Å². The SMILES string of the molecule is O=CNN=NN(C(=O)c1ccccc1)c1ccccc1. The van der Waals surface area contributed by atoms with Crippen molar-refractivity contribution in [2.24, 2.45) is 10.4 Å². The van der Waals surface area contributed by atoms with Crippen molar-refractivity contribution in [3.8, 4) is 0 Å². The second-order valence-electron chi connectivity index (χ2n) is 3.75. The average Bonchev–Trinajstić information content (AvgIpc) is 2.53. The Kier molecular flexibility index (Phi) is 4.55. The molecule has 0 aromatic heterocycles. The number of hydrogen-bond acceptors (Lipinski definition) is 4. The zero-order valence-corrected chi connectivity index (χ0v) is 10.5. The summed E-state index contributed by atoms with van der Waals surface area (Å²) in [4.78, 5) is 22.6. The first-order valence-electron chi connectivity index (χ1n) is 5.87. The minimum Gasteiger partial charge on any atom is -0.277 e. The highest BCUT2D eigenvalue weighted by molar-refractivity contribution is 6.05. The average molecular weight is 268 g/mol. The molecule has 0 unspecified atom stereocenters. The monoisotopic (exact) mass is 268 g/mol. The van der Waals surface area contributed by atoms with E-state index in [2.05, 4.69) is 10.4 Å². The van der Waals surface area contributed by atoms with E-state index in [1.54, 1.807) is 48.5 Å². The molecular formula is C14H12N4O2. The lowest BCUT2D eigenvalue weighted by atomic mass is 10.2. The molecule has 0 bridgehead atoms. The van der Waals surface area contributed by atoms with Gasteiger partial charge in [-0.05, 0) is 34.7 Å². The standard InChI is InChI=1S/C14H12N4O2/c19-11-15-16-17-18(13-9-5-2-6-10-13)14(20)12-7-3-1-4-8-12/h1-11H,(H,15,17,19). The molecule has 0 fully saturated rings. The second-order valence-corrected chi connectivity index (χ2v) is 3.75. The van der Waals surface area contributed by atoms with Crippen molar-refractivity contribution < 1.29 is 9.59 Å². The molecule has 0 aliphatic heterocycles. The molecule has 0 aliphatic carbocycles. The van der Waals surface area contributed by atoms with Crippen LogP contribution < -0.4 is 10.4 Å². The maximum absolute atomic E-state index is 12.4. The summed E-state index contributed by atoms with van der Waals surface area (Å²) in [5.74, 6) is -0.340. The van der Waals surface area contributed by atoms with Gasteiger partial charge < -0.3 is 0 Å². The number of carbonyl (C=O) groups excluding carboxylic acids is 2. The first-order chi connectivity index (χ1) is 9.83. The summed E-state index contributed by atoms with van der Waals surface area (Å²) in [5, 5.41) is 8.27. The Morgan fingerprint density at radius 1 is 1.00 bits per heavy atom. The molecule has 6 nitrogen and oxygen atoms in total. The molecule has 2 rings (SSSR count). The predicted molar refractivity (Wildman–Crippen MR) is 73.7 cm³/mol. The van der Waals surface area contributed by atoms with Crippen LogP contribution >= 0.6 is 0 Å². The third-order valence-electron chi connectivity index (χ3n) is 2.46. The van der Waals surface area contributed by atoms with Crippen LogP contribution in [0.5, 0.6) is 0 Å². The van der Waals surface area contributed by atoms with Crippen LogP contribution in [-0.2, 0) is 4.79 Å². The van der Waals surface area contributed by atoms with E-state index >= 15 is 0 Å². The fourth-order valence-corrected chi connectivity index (χ4v) is 1.58. The number of anilines is 1. The third kappa shape index (κ3) is 3.26. The van der Waals surface area contributed by atoms with E-state index in [1.807, 2.05) is 17.6 Å². The highest BCUT2D eigenvalue weighted by Crippen LogP contribution is 2.17. The van der Waals surface area contributed by atoms with Gasteiger partial charge in [-0.25, -0.2) is 5.43 Å². The van der Waals surface area contributed by atoms with Gasteiger partial charge in [-0.15, -0.1) is 0 Å². The summed E-state index contributed by atoms with van der Waals surface area (Å²) < 4.78 is 0. The quantitative estimate of drug-likeness (QED) is 0.513. The first kappa shape index (κ1) is 13.4. The predicted octanol–water partition coefficient (Wildman–Crippen LogP) is 2.36. The van der Waals surface area contributed by atoms with Crippen molar-refractivity contribution in [3.63, 3.8) is 0 Å². The fourth-order valence-electron chi connectivity index (χ4n) is 1.58. The number of carbonyl (C=O) groups is 2. The topological polar surface area (TPSA) is 74.1 Å². The van der Waals surface area contributed by atoms with Crippen molar-refractivity contribution >= 4 is 18.0 Å². The number of amides is 2. The summed E-state index contributed by atoms with van der Waals surface area (Å²) >= 11 is 0. The van der Waals surface area contributed by atoms with Gasteiger partial charge >= 0.3 is 0 Å². The Labute approximate surface area is 115 Å². The third-order valence-corrected chi connectivity index (χ3v) is 2.46. The Balaban J connectivity index is 2.32. The van der Waals surface area contributed by atoms with E-state index in [0.717, 1.165) is 5.01 Å². The molecular weight excluding hydrogens is 256 g/mol. The molecule has 1 N–H and O–H groups in total. The molecule has 0 atom stereocenters. The van der Waals surface area contributed by atoms with Crippen LogP contribution in [0.25, 0.3) is 0 Å². The molecule has 2 aromatic rings. The highest BCUT2D eigenvalue weighted by Gasteiger charge is 2.17. The van der Waals surface area contributed by atoms with Gasteiger partial charge in [0, 0.05) is 5.56 Å². The smallest absolute Gasteiger partial charge is 0.277 e. The summed E-state index contributed by atoms with van der Waals surface area (Å²) in [5.41, 5.74) is 3.07.